The molecule has 0 unspecified atom stereocenters. The third-order valence-electron chi connectivity index (χ3n) is 3.00. The Labute approximate surface area is 106 Å². The van der Waals surface area contributed by atoms with E-state index in [9.17, 15) is 14.9 Å². The summed E-state index contributed by atoms with van der Waals surface area (Å²) in [6.07, 6.45) is 5.54. The molecule has 1 aliphatic rings. The van der Waals surface area contributed by atoms with Crippen LogP contribution in [0.15, 0.2) is 10.7 Å². The molecule has 17 heavy (non-hydrogen) atoms. The fourth-order valence-corrected chi connectivity index (χ4v) is 2.59. The monoisotopic (exact) mass is 301 g/mol. The van der Waals surface area contributed by atoms with Crippen LogP contribution in [0.1, 0.15) is 25.7 Å². The molecular formula is C10H12BrN3O3. The molecule has 0 bridgehead atoms. The van der Waals surface area contributed by atoms with Crippen LogP contribution in [0.4, 0.5) is 5.82 Å². The van der Waals surface area contributed by atoms with E-state index in [1.807, 2.05) is 0 Å². The zero-order valence-electron chi connectivity index (χ0n) is 9.13. The summed E-state index contributed by atoms with van der Waals surface area (Å²) in [5.41, 5.74) is 0. The molecule has 7 heteroatoms. The van der Waals surface area contributed by atoms with Gasteiger partial charge in [0, 0.05) is 5.92 Å². The number of rotatable bonds is 4. The van der Waals surface area contributed by atoms with Crippen molar-refractivity contribution >= 4 is 27.5 Å². The van der Waals surface area contributed by atoms with Crippen LogP contribution in [0.25, 0.3) is 0 Å². The van der Waals surface area contributed by atoms with Crippen LogP contribution in [0.5, 0.6) is 0 Å². The molecule has 0 atom stereocenters. The molecule has 1 heterocycles. The summed E-state index contributed by atoms with van der Waals surface area (Å²) in [4.78, 5) is 21.9. The first-order valence-corrected chi connectivity index (χ1v) is 6.27. The van der Waals surface area contributed by atoms with Crippen molar-refractivity contribution in [3.8, 4) is 0 Å². The van der Waals surface area contributed by atoms with Crippen LogP contribution in [0, 0.1) is 16.0 Å². The second-order valence-corrected chi connectivity index (χ2v) is 5.06. The maximum atomic E-state index is 11.9. The maximum Gasteiger partial charge on any atom is 0.404 e. The molecule has 0 aromatic carbocycles. The Kier molecular flexibility index (Phi) is 3.56. The first-order valence-electron chi connectivity index (χ1n) is 5.48. The van der Waals surface area contributed by atoms with Gasteiger partial charge in [0.25, 0.3) is 0 Å². The van der Waals surface area contributed by atoms with Crippen molar-refractivity contribution in [1.82, 2.24) is 9.78 Å². The summed E-state index contributed by atoms with van der Waals surface area (Å²) >= 11 is 3.05. The molecule has 0 spiro atoms. The highest BCUT2D eigenvalue weighted by atomic mass is 79.9. The minimum atomic E-state index is -0.569. The number of aromatic nitrogens is 2. The molecule has 0 radical (unpaired) electrons. The lowest BCUT2D eigenvalue weighted by molar-refractivity contribution is -0.390. The number of nitro groups is 1. The van der Waals surface area contributed by atoms with E-state index in [1.165, 1.54) is 10.9 Å². The summed E-state index contributed by atoms with van der Waals surface area (Å²) in [6.45, 7) is 0.122. The minimum absolute atomic E-state index is 0.108. The van der Waals surface area contributed by atoms with E-state index >= 15 is 0 Å². The molecule has 0 saturated heterocycles. The number of Topliss-reactive ketones (excluding diaryl/α,β-unsaturated/α-hetero) is 1. The lowest BCUT2D eigenvalue weighted by atomic mass is 10.0. The standard InChI is InChI=1S/C10H12BrN3O3/c11-8-5-13(12-10(8)14(16)17)6-9(15)7-3-1-2-4-7/h5,7H,1-4,6H2. The number of nitrogens with zero attached hydrogens (tertiary/aromatic N) is 3. The Hall–Kier alpha value is -1.24. The molecule has 0 N–H and O–H groups in total. The van der Waals surface area contributed by atoms with E-state index in [1.54, 1.807) is 0 Å². The predicted molar refractivity (Wildman–Crippen MR) is 63.5 cm³/mol. The van der Waals surface area contributed by atoms with Gasteiger partial charge in [-0.15, -0.1) is 0 Å². The minimum Gasteiger partial charge on any atom is -0.358 e. The number of hydrogen-bond donors (Lipinski definition) is 0. The quantitative estimate of drug-likeness (QED) is 0.631. The van der Waals surface area contributed by atoms with Gasteiger partial charge >= 0.3 is 5.82 Å². The van der Waals surface area contributed by atoms with Gasteiger partial charge in [-0.1, -0.05) is 12.8 Å². The van der Waals surface area contributed by atoms with Gasteiger partial charge in [0.2, 0.25) is 0 Å². The molecule has 2 rings (SSSR count). The molecule has 1 saturated carbocycles. The highest BCUT2D eigenvalue weighted by molar-refractivity contribution is 9.10. The number of halogens is 1. The first kappa shape index (κ1) is 12.2. The van der Waals surface area contributed by atoms with Gasteiger partial charge in [0.1, 0.15) is 11.0 Å². The Balaban J connectivity index is 2.05. The lowest BCUT2D eigenvalue weighted by Crippen LogP contribution is -2.18. The summed E-state index contributed by atoms with van der Waals surface area (Å²) < 4.78 is 1.64. The van der Waals surface area contributed by atoms with Crippen molar-refractivity contribution in [3.05, 3.63) is 20.8 Å². The van der Waals surface area contributed by atoms with E-state index < -0.39 is 4.92 Å². The smallest absolute Gasteiger partial charge is 0.358 e. The average Bonchev–Trinajstić information content (AvgIpc) is 2.86. The Morgan fingerprint density at radius 3 is 2.76 bits per heavy atom. The van der Waals surface area contributed by atoms with Crippen LogP contribution < -0.4 is 0 Å². The second-order valence-electron chi connectivity index (χ2n) is 4.20. The molecule has 0 amide bonds. The zero-order valence-corrected chi connectivity index (χ0v) is 10.7. The van der Waals surface area contributed by atoms with Gasteiger partial charge in [-0.05, 0) is 33.7 Å². The van der Waals surface area contributed by atoms with Crippen LogP contribution in [0.2, 0.25) is 0 Å². The van der Waals surface area contributed by atoms with Gasteiger partial charge in [-0.3, -0.25) is 4.79 Å². The molecular weight excluding hydrogens is 290 g/mol. The van der Waals surface area contributed by atoms with Gasteiger partial charge < -0.3 is 10.1 Å². The molecule has 92 valence electrons. The lowest BCUT2D eigenvalue weighted by Gasteiger charge is -2.05. The fraction of sp³-hybridized carbons (Fsp3) is 0.600. The largest absolute Gasteiger partial charge is 0.404 e. The average molecular weight is 302 g/mol. The maximum absolute atomic E-state index is 11.9. The summed E-state index contributed by atoms with van der Waals surface area (Å²) in [5, 5.41) is 14.4. The predicted octanol–water partition coefficient (Wildman–Crippen LogP) is 2.31. The van der Waals surface area contributed by atoms with Crippen molar-refractivity contribution < 1.29 is 9.72 Å². The van der Waals surface area contributed by atoms with E-state index in [0.717, 1.165) is 25.7 Å². The van der Waals surface area contributed by atoms with Crippen molar-refractivity contribution in [1.29, 1.82) is 0 Å². The first-order chi connectivity index (χ1) is 8.08. The van der Waals surface area contributed by atoms with E-state index in [4.69, 9.17) is 0 Å². The third kappa shape index (κ3) is 2.71. The fourth-order valence-electron chi connectivity index (χ4n) is 2.13. The molecule has 1 aromatic rings. The van der Waals surface area contributed by atoms with Gasteiger partial charge in [-0.25, -0.2) is 0 Å². The van der Waals surface area contributed by atoms with Crippen molar-refractivity contribution in [2.45, 2.75) is 32.2 Å². The van der Waals surface area contributed by atoms with E-state index in [-0.39, 0.29) is 24.1 Å². The van der Waals surface area contributed by atoms with Crippen LogP contribution in [-0.2, 0) is 11.3 Å². The number of hydrogen-bond acceptors (Lipinski definition) is 4. The summed E-state index contributed by atoms with van der Waals surface area (Å²) in [6, 6.07) is 0. The third-order valence-corrected chi connectivity index (χ3v) is 3.56. The number of carbonyl (C=O) groups is 1. The molecule has 1 aliphatic carbocycles. The number of ketones is 1. The Morgan fingerprint density at radius 2 is 2.24 bits per heavy atom. The van der Waals surface area contributed by atoms with Gasteiger partial charge in [-0.2, -0.15) is 4.68 Å². The van der Waals surface area contributed by atoms with Crippen molar-refractivity contribution in [2.75, 3.05) is 0 Å². The Bertz CT molecular complexity index is 452. The SMILES string of the molecule is O=C(Cn1cc(Br)c([N+](=O)[O-])n1)C1CCCC1. The zero-order chi connectivity index (χ0) is 12.4. The molecule has 1 fully saturated rings. The van der Waals surface area contributed by atoms with Gasteiger partial charge in [0.05, 0.1) is 11.3 Å². The van der Waals surface area contributed by atoms with Crippen molar-refractivity contribution in [2.24, 2.45) is 5.92 Å². The molecule has 0 aliphatic heterocycles. The molecule has 1 aromatic heterocycles. The highest BCUT2D eigenvalue weighted by Crippen LogP contribution is 2.27. The normalized spacial score (nSPS) is 16.3. The summed E-state index contributed by atoms with van der Waals surface area (Å²) in [5.74, 6) is -0.0198. The Morgan fingerprint density at radius 1 is 1.59 bits per heavy atom. The molecule has 6 nitrogen and oxygen atoms in total. The topological polar surface area (TPSA) is 78.0 Å². The van der Waals surface area contributed by atoms with E-state index in [0.29, 0.717) is 4.47 Å². The number of carbonyl (C=O) groups excluding carboxylic acids is 1. The van der Waals surface area contributed by atoms with Crippen LogP contribution in [-0.4, -0.2) is 20.5 Å². The van der Waals surface area contributed by atoms with E-state index in [2.05, 4.69) is 21.0 Å². The second kappa shape index (κ2) is 4.95. The van der Waals surface area contributed by atoms with Crippen LogP contribution >= 0.6 is 15.9 Å². The summed E-state index contributed by atoms with van der Waals surface area (Å²) in [7, 11) is 0. The van der Waals surface area contributed by atoms with Crippen LogP contribution in [0.3, 0.4) is 0 Å². The highest BCUT2D eigenvalue weighted by Gasteiger charge is 2.25. The van der Waals surface area contributed by atoms with Gasteiger partial charge in [0.15, 0.2) is 5.78 Å². The van der Waals surface area contributed by atoms with Crippen molar-refractivity contribution in [3.63, 3.8) is 0 Å².